The van der Waals surface area contributed by atoms with Crippen LogP contribution in [0.3, 0.4) is 0 Å². The Balaban J connectivity index is 1.35. The van der Waals surface area contributed by atoms with E-state index in [2.05, 4.69) is 0 Å². The number of allylic oxidation sites excluding steroid dienone is 2. The summed E-state index contributed by atoms with van der Waals surface area (Å²) in [5, 5.41) is 21.1. The average molecular weight is 549 g/mol. The topological polar surface area (TPSA) is 102 Å². The van der Waals surface area contributed by atoms with Crippen molar-refractivity contribution in [3.63, 3.8) is 0 Å². The van der Waals surface area contributed by atoms with Gasteiger partial charge in [0.2, 0.25) is 0 Å². The molecule has 1 aliphatic carbocycles. The number of unbranched alkanes of at least 4 members (excludes halogenated alkanes) is 1. The number of rotatable bonds is 14. The SMILES string of the molecule is CSc1ccc(OC(=O)CCC/C=C\C[C@H]2C(=O)C[C@@H](O)[C@@H]2OCC(O)COc2ccc(Cl)cc2)cc1. The van der Waals surface area contributed by atoms with Gasteiger partial charge in [-0.1, -0.05) is 23.8 Å². The largest absolute Gasteiger partial charge is 0.491 e. The second-order valence-electron chi connectivity index (χ2n) is 8.81. The van der Waals surface area contributed by atoms with Crippen molar-refractivity contribution in [2.45, 2.75) is 55.3 Å². The van der Waals surface area contributed by atoms with Crippen LogP contribution < -0.4 is 9.47 Å². The molecule has 0 saturated heterocycles. The summed E-state index contributed by atoms with van der Waals surface area (Å²) in [7, 11) is 0. The molecule has 4 atom stereocenters. The highest BCUT2D eigenvalue weighted by Gasteiger charge is 2.41. The van der Waals surface area contributed by atoms with Gasteiger partial charge in [0, 0.05) is 28.7 Å². The number of thioether (sulfide) groups is 1. The Kier molecular flexibility index (Phi) is 12.0. The Morgan fingerprint density at radius 2 is 1.81 bits per heavy atom. The maximum atomic E-state index is 12.4. The molecule has 0 spiro atoms. The van der Waals surface area contributed by atoms with E-state index in [0.717, 1.165) is 4.90 Å². The van der Waals surface area contributed by atoms with E-state index < -0.39 is 24.2 Å². The van der Waals surface area contributed by atoms with Crippen LogP contribution in [0.2, 0.25) is 5.02 Å². The van der Waals surface area contributed by atoms with Gasteiger partial charge in [-0.25, -0.2) is 0 Å². The van der Waals surface area contributed by atoms with Crippen molar-refractivity contribution < 1.29 is 34.0 Å². The van der Waals surface area contributed by atoms with Crippen molar-refractivity contribution in [2.75, 3.05) is 19.5 Å². The van der Waals surface area contributed by atoms with Gasteiger partial charge in [0.15, 0.2) is 0 Å². The predicted molar refractivity (Wildman–Crippen MR) is 143 cm³/mol. The van der Waals surface area contributed by atoms with E-state index >= 15 is 0 Å². The fraction of sp³-hybridized carbons (Fsp3) is 0.429. The highest BCUT2D eigenvalue weighted by atomic mass is 35.5. The maximum Gasteiger partial charge on any atom is 0.311 e. The summed E-state index contributed by atoms with van der Waals surface area (Å²) in [5.74, 6) is 0.270. The van der Waals surface area contributed by atoms with Crippen molar-refractivity contribution >= 4 is 35.1 Å². The molecule has 2 N–H and O–H groups in total. The number of carbonyl (C=O) groups is 2. The third-order valence-electron chi connectivity index (χ3n) is 5.94. The zero-order chi connectivity index (χ0) is 26.6. The molecule has 7 nitrogen and oxygen atoms in total. The van der Waals surface area contributed by atoms with E-state index in [1.807, 2.05) is 30.5 Å². The van der Waals surface area contributed by atoms with Crippen LogP contribution in [0.25, 0.3) is 0 Å². The first-order valence-electron chi connectivity index (χ1n) is 12.2. The summed E-state index contributed by atoms with van der Waals surface area (Å²) in [6.45, 7) is -0.0561. The van der Waals surface area contributed by atoms with Crippen molar-refractivity contribution in [1.29, 1.82) is 0 Å². The van der Waals surface area contributed by atoms with Gasteiger partial charge in [0.05, 0.1) is 18.8 Å². The molecule has 0 bridgehead atoms. The minimum Gasteiger partial charge on any atom is -0.491 e. The molecule has 1 saturated carbocycles. The molecule has 2 aromatic carbocycles. The third-order valence-corrected chi connectivity index (χ3v) is 6.93. The monoisotopic (exact) mass is 548 g/mol. The van der Waals surface area contributed by atoms with Crippen LogP contribution in [0.4, 0.5) is 0 Å². The third kappa shape index (κ3) is 9.79. The minimum absolute atomic E-state index is 0.00845. The van der Waals surface area contributed by atoms with Gasteiger partial charge in [0.25, 0.3) is 0 Å². The Bertz CT molecular complexity index is 1030. The first-order chi connectivity index (χ1) is 17.9. The lowest BCUT2D eigenvalue weighted by molar-refractivity contribution is -0.134. The molecular formula is C28H33ClO7S. The van der Waals surface area contributed by atoms with Crippen LogP contribution in [0.5, 0.6) is 11.5 Å². The highest BCUT2D eigenvalue weighted by molar-refractivity contribution is 7.98. The number of benzene rings is 2. The molecule has 0 aliphatic heterocycles. The van der Waals surface area contributed by atoms with E-state index in [9.17, 15) is 19.8 Å². The van der Waals surface area contributed by atoms with Crippen molar-refractivity contribution in [2.24, 2.45) is 5.92 Å². The van der Waals surface area contributed by atoms with Crippen LogP contribution in [0, 0.1) is 5.92 Å². The Hall–Kier alpha value is -2.36. The van der Waals surface area contributed by atoms with E-state index in [0.29, 0.717) is 35.8 Å². The van der Waals surface area contributed by atoms with E-state index in [1.165, 1.54) is 0 Å². The maximum absolute atomic E-state index is 12.4. The summed E-state index contributed by atoms with van der Waals surface area (Å²) < 4.78 is 16.6. The van der Waals surface area contributed by atoms with Crippen LogP contribution >= 0.6 is 23.4 Å². The van der Waals surface area contributed by atoms with E-state index in [4.69, 9.17) is 25.8 Å². The second kappa shape index (κ2) is 15.1. The summed E-state index contributed by atoms with van der Waals surface area (Å²) >= 11 is 7.47. The fourth-order valence-electron chi connectivity index (χ4n) is 3.96. The van der Waals surface area contributed by atoms with Gasteiger partial charge in [0.1, 0.15) is 30.0 Å². The molecule has 1 fully saturated rings. The first kappa shape index (κ1) is 29.2. The highest BCUT2D eigenvalue weighted by Crippen LogP contribution is 2.29. The molecule has 3 rings (SSSR count). The van der Waals surface area contributed by atoms with E-state index in [1.54, 1.807) is 48.2 Å². The van der Waals surface area contributed by atoms with Gasteiger partial charge in [-0.2, -0.15) is 0 Å². The number of aliphatic hydroxyl groups is 2. The van der Waals surface area contributed by atoms with Crippen LogP contribution in [-0.2, 0) is 14.3 Å². The number of hydrogen-bond donors (Lipinski definition) is 2. The van der Waals surface area contributed by atoms with Crippen LogP contribution in [0.1, 0.15) is 32.1 Å². The van der Waals surface area contributed by atoms with Crippen LogP contribution in [-0.4, -0.2) is 59.7 Å². The second-order valence-corrected chi connectivity index (χ2v) is 10.1. The quantitative estimate of drug-likeness (QED) is 0.113. The number of carbonyl (C=O) groups excluding carboxylic acids is 2. The fourth-order valence-corrected chi connectivity index (χ4v) is 4.50. The molecule has 0 radical (unpaired) electrons. The number of hydrogen-bond acceptors (Lipinski definition) is 8. The predicted octanol–water partition coefficient (Wildman–Crippen LogP) is 4.86. The zero-order valence-corrected chi connectivity index (χ0v) is 22.3. The van der Waals surface area contributed by atoms with Gasteiger partial charge >= 0.3 is 5.97 Å². The molecule has 2 aromatic rings. The van der Waals surface area contributed by atoms with Crippen molar-refractivity contribution in [3.8, 4) is 11.5 Å². The molecular weight excluding hydrogens is 516 g/mol. The molecule has 9 heteroatoms. The van der Waals surface area contributed by atoms with Gasteiger partial charge < -0.3 is 24.4 Å². The summed E-state index contributed by atoms with van der Waals surface area (Å²) in [6, 6.07) is 14.2. The number of aliphatic hydroxyl groups excluding tert-OH is 2. The van der Waals surface area contributed by atoms with Crippen LogP contribution in [0.15, 0.2) is 65.6 Å². The standard InChI is InChI=1S/C28H33ClO7S/c1-37-23-14-12-22(13-15-23)36-27(33)7-5-3-2-4-6-24-25(31)16-26(32)28(24)35-18-20(30)17-34-21-10-8-19(29)9-11-21/h2,4,8-15,20,24,26,28,30,32H,3,5-7,16-18H2,1H3/b4-2-/t20?,24-,26+,28+/m0/s1. The molecule has 0 heterocycles. The van der Waals surface area contributed by atoms with Gasteiger partial charge in [-0.05, 0) is 74.0 Å². The van der Waals surface area contributed by atoms with Gasteiger partial charge in [-0.15, -0.1) is 11.8 Å². The average Bonchev–Trinajstić information content (AvgIpc) is 3.16. The molecule has 200 valence electrons. The number of esters is 1. The zero-order valence-electron chi connectivity index (χ0n) is 20.8. The Labute approximate surface area is 226 Å². The first-order valence-corrected chi connectivity index (χ1v) is 13.8. The number of Topliss-reactive ketones (excluding diaryl/α,β-unsaturated/α-hetero) is 1. The molecule has 37 heavy (non-hydrogen) atoms. The lowest BCUT2D eigenvalue weighted by Crippen LogP contribution is -2.34. The Morgan fingerprint density at radius 1 is 1.11 bits per heavy atom. The van der Waals surface area contributed by atoms with Crippen molar-refractivity contribution in [3.05, 3.63) is 65.7 Å². The molecule has 0 amide bonds. The minimum atomic E-state index is -0.919. The summed E-state index contributed by atoms with van der Waals surface area (Å²) in [4.78, 5) is 25.5. The lowest BCUT2D eigenvalue weighted by atomic mass is 9.99. The summed E-state index contributed by atoms with van der Waals surface area (Å²) in [6.07, 6.45) is 5.30. The number of ketones is 1. The number of halogens is 1. The molecule has 1 aliphatic rings. The van der Waals surface area contributed by atoms with Gasteiger partial charge in [-0.3, -0.25) is 9.59 Å². The van der Waals surface area contributed by atoms with Crippen molar-refractivity contribution in [1.82, 2.24) is 0 Å². The number of ether oxygens (including phenoxy) is 3. The smallest absolute Gasteiger partial charge is 0.311 e. The lowest BCUT2D eigenvalue weighted by Gasteiger charge is -2.22. The Morgan fingerprint density at radius 3 is 2.51 bits per heavy atom. The summed E-state index contributed by atoms with van der Waals surface area (Å²) in [5.41, 5.74) is 0. The van der Waals surface area contributed by atoms with E-state index in [-0.39, 0.29) is 37.8 Å². The normalized spacial score (nSPS) is 20.3. The molecule has 0 aromatic heterocycles. The molecule has 1 unspecified atom stereocenters.